The number of ether oxygens (including phenoxy) is 2. The highest BCUT2D eigenvalue weighted by atomic mass is 32.2. The molecule has 1 aromatic carbocycles. The monoisotopic (exact) mass is 392 g/mol. The van der Waals surface area contributed by atoms with Crippen molar-refractivity contribution in [1.82, 2.24) is 4.98 Å². The van der Waals surface area contributed by atoms with Crippen LogP contribution in [-0.4, -0.2) is 38.6 Å². The second kappa shape index (κ2) is 6.08. The fourth-order valence-corrected chi connectivity index (χ4v) is 3.97. The molecule has 1 fully saturated rings. The first-order valence-corrected chi connectivity index (χ1v) is 9.57. The molecule has 1 saturated carbocycles. The molecule has 142 valence electrons. The van der Waals surface area contributed by atoms with Crippen LogP contribution >= 0.6 is 0 Å². The standard InChI is InChI=1S/C17H16FN3O5S/c1-25-13-3-2-10(18)6-14(13)27(23,24)21-11-7-12-15(22)20-17(4-5-17)9-26-16(12)19-8-11/h2-3,6-8,21H,4-5,9H2,1H3,(H,20,22)/p-1. The Morgan fingerprint density at radius 1 is 1.33 bits per heavy atom. The largest absolute Gasteiger partial charge is 0.858 e. The molecule has 4 rings (SSSR count). The molecule has 8 nitrogen and oxygen atoms in total. The highest BCUT2D eigenvalue weighted by Gasteiger charge is 2.44. The van der Waals surface area contributed by atoms with E-state index in [-0.39, 0.29) is 34.4 Å². The van der Waals surface area contributed by atoms with Crippen molar-refractivity contribution in [3.8, 4) is 11.6 Å². The van der Waals surface area contributed by atoms with Crippen molar-refractivity contribution in [3.05, 3.63) is 41.8 Å². The molecule has 2 aliphatic rings. The summed E-state index contributed by atoms with van der Waals surface area (Å²) in [4.78, 5) is 7.80. The smallest absolute Gasteiger partial charge is 0.265 e. The lowest BCUT2D eigenvalue weighted by molar-refractivity contribution is -0.213. The Hall–Kier alpha value is -2.88. The van der Waals surface area contributed by atoms with E-state index in [0.717, 1.165) is 25.0 Å². The van der Waals surface area contributed by atoms with Gasteiger partial charge in [0, 0.05) is 5.56 Å². The van der Waals surface area contributed by atoms with E-state index in [1.165, 1.54) is 25.4 Å². The van der Waals surface area contributed by atoms with Gasteiger partial charge < -0.3 is 14.6 Å². The van der Waals surface area contributed by atoms with Crippen molar-refractivity contribution in [2.45, 2.75) is 23.3 Å². The molecule has 2 aromatic rings. The predicted octanol–water partition coefficient (Wildman–Crippen LogP) is 1.06. The summed E-state index contributed by atoms with van der Waals surface area (Å²) in [6.45, 7) is 0.268. The molecule has 0 atom stereocenters. The molecule has 1 aliphatic carbocycles. The summed E-state index contributed by atoms with van der Waals surface area (Å²) < 4.78 is 51.6. The van der Waals surface area contributed by atoms with Crippen LogP contribution in [0.25, 0.3) is 0 Å². The topological polar surface area (TPSA) is 113 Å². The van der Waals surface area contributed by atoms with Crippen LogP contribution in [0.5, 0.6) is 11.6 Å². The van der Waals surface area contributed by atoms with Crippen LogP contribution in [0.3, 0.4) is 0 Å². The maximum absolute atomic E-state index is 13.5. The van der Waals surface area contributed by atoms with Gasteiger partial charge in [-0.25, -0.2) is 17.8 Å². The third kappa shape index (κ3) is 3.27. The Bertz CT molecular complexity index is 1050. The van der Waals surface area contributed by atoms with E-state index in [1.54, 1.807) is 0 Å². The molecular formula is C17H15FN3O5S-. The van der Waals surface area contributed by atoms with E-state index < -0.39 is 27.3 Å². The molecule has 27 heavy (non-hydrogen) atoms. The number of hydrogen-bond acceptors (Lipinski definition) is 7. The van der Waals surface area contributed by atoms with Crippen LogP contribution in [0.2, 0.25) is 0 Å². The number of benzene rings is 1. The highest BCUT2D eigenvalue weighted by molar-refractivity contribution is 7.92. The number of nitrogens with one attached hydrogen (secondary N) is 1. The zero-order valence-corrected chi connectivity index (χ0v) is 15.0. The van der Waals surface area contributed by atoms with Gasteiger partial charge in [-0.15, -0.1) is 0 Å². The minimum atomic E-state index is -4.18. The molecule has 0 bridgehead atoms. The minimum absolute atomic E-state index is 0.0169. The molecule has 0 saturated heterocycles. The average Bonchev–Trinajstić information content (AvgIpc) is 3.41. The van der Waals surface area contributed by atoms with Crippen molar-refractivity contribution in [1.29, 1.82) is 0 Å². The lowest BCUT2D eigenvalue weighted by atomic mass is 10.2. The molecule has 0 radical (unpaired) electrons. The normalized spacial score (nSPS) is 17.3. The van der Waals surface area contributed by atoms with Gasteiger partial charge in [-0.3, -0.25) is 9.71 Å². The maximum atomic E-state index is 13.5. The second-order valence-corrected chi connectivity index (χ2v) is 8.06. The maximum Gasteiger partial charge on any atom is 0.265 e. The Morgan fingerprint density at radius 3 is 2.81 bits per heavy atom. The van der Waals surface area contributed by atoms with Crippen LogP contribution in [0.4, 0.5) is 10.1 Å². The summed E-state index contributed by atoms with van der Waals surface area (Å²) in [5, 5.41) is 12.4. The first-order valence-electron chi connectivity index (χ1n) is 8.08. The number of pyridine rings is 1. The molecule has 2 heterocycles. The summed E-state index contributed by atoms with van der Waals surface area (Å²) >= 11 is 0. The van der Waals surface area contributed by atoms with Crippen molar-refractivity contribution in [2.75, 3.05) is 18.4 Å². The van der Waals surface area contributed by atoms with Crippen LogP contribution in [0.1, 0.15) is 18.4 Å². The van der Waals surface area contributed by atoms with Gasteiger partial charge in [0.25, 0.3) is 10.0 Å². The molecule has 0 unspecified atom stereocenters. The molecule has 1 aromatic heterocycles. The van der Waals surface area contributed by atoms with Gasteiger partial charge in [-0.1, -0.05) is 0 Å². The lowest BCUT2D eigenvalue weighted by Crippen LogP contribution is -2.23. The Balaban J connectivity index is 1.69. The molecular weight excluding hydrogens is 377 g/mol. The second-order valence-electron chi connectivity index (χ2n) is 6.41. The molecule has 1 spiro atoms. The third-order valence-electron chi connectivity index (χ3n) is 4.39. The van der Waals surface area contributed by atoms with Gasteiger partial charge in [0.15, 0.2) is 0 Å². The van der Waals surface area contributed by atoms with Gasteiger partial charge in [0.1, 0.15) is 23.1 Å². The molecule has 1 aliphatic heterocycles. The summed E-state index contributed by atoms with van der Waals surface area (Å²) in [6.07, 6.45) is 2.76. The average molecular weight is 392 g/mol. The number of fused-ring (bicyclic) bond motifs is 1. The Kier molecular flexibility index (Phi) is 3.95. The summed E-state index contributed by atoms with van der Waals surface area (Å²) in [6, 6.07) is 4.45. The SMILES string of the molecule is COc1ccc(F)cc1S(=O)(=O)Nc1cnc2c(c1)C([O-])=NC1(CC1)CO2. The van der Waals surface area contributed by atoms with Crippen molar-refractivity contribution < 1.29 is 27.4 Å². The highest BCUT2D eigenvalue weighted by Crippen LogP contribution is 2.42. The van der Waals surface area contributed by atoms with Gasteiger partial charge in [-0.2, -0.15) is 0 Å². The van der Waals surface area contributed by atoms with Crippen LogP contribution in [0.15, 0.2) is 40.4 Å². The number of nitrogens with zero attached hydrogens (tertiary/aromatic N) is 2. The van der Waals surface area contributed by atoms with E-state index >= 15 is 0 Å². The Morgan fingerprint density at radius 2 is 2.11 bits per heavy atom. The van der Waals surface area contributed by atoms with E-state index in [0.29, 0.717) is 0 Å². The number of sulfonamides is 1. The fraction of sp³-hybridized carbons (Fsp3) is 0.294. The number of methoxy groups -OCH3 is 1. The van der Waals surface area contributed by atoms with Gasteiger partial charge in [-0.05, 0) is 43.0 Å². The van der Waals surface area contributed by atoms with Gasteiger partial charge >= 0.3 is 0 Å². The third-order valence-corrected chi connectivity index (χ3v) is 5.79. The van der Waals surface area contributed by atoms with Gasteiger partial charge in [0.2, 0.25) is 5.88 Å². The van der Waals surface area contributed by atoms with Gasteiger partial charge in [0.05, 0.1) is 24.5 Å². The van der Waals surface area contributed by atoms with E-state index in [2.05, 4.69) is 14.7 Å². The quantitative estimate of drug-likeness (QED) is 0.833. The number of anilines is 1. The molecule has 1 N–H and O–H groups in total. The first kappa shape index (κ1) is 17.5. The predicted molar refractivity (Wildman–Crippen MR) is 92.0 cm³/mol. The van der Waals surface area contributed by atoms with Crippen molar-refractivity contribution in [2.24, 2.45) is 4.99 Å². The van der Waals surface area contributed by atoms with Crippen LogP contribution < -0.4 is 19.3 Å². The fourth-order valence-electron chi connectivity index (χ4n) is 2.76. The van der Waals surface area contributed by atoms with Crippen LogP contribution in [0, 0.1) is 5.82 Å². The number of aromatic nitrogens is 1. The summed E-state index contributed by atoms with van der Waals surface area (Å²) in [5.74, 6) is -1.14. The summed E-state index contributed by atoms with van der Waals surface area (Å²) in [5.41, 5.74) is -0.379. The minimum Gasteiger partial charge on any atom is -0.858 e. The first-order chi connectivity index (χ1) is 12.8. The number of rotatable bonds is 4. The number of aliphatic imine (C=N–C) groups is 1. The van der Waals surface area contributed by atoms with Crippen molar-refractivity contribution in [3.63, 3.8) is 0 Å². The molecule has 0 amide bonds. The summed E-state index contributed by atoms with van der Waals surface area (Å²) in [7, 11) is -2.90. The van der Waals surface area contributed by atoms with Crippen LogP contribution in [-0.2, 0) is 10.0 Å². The molecule has 10 heteroatoms. The lowest BCUT2D eigenvalue weighted by Gasteiger charge is -2.15. The Labute approximate surface area is 154 Å². The number of halogens is 1. The van der Waals surface area contributed by atoms with E-state index in [4.69, 9.17) is 9.47 Å². The van der Waals surface area contributed by atoms with Crippen molar-refractivity contribution >= 4 is 21.6 Å². The van der Waals surface area contributed by atoms with E-state index in [9.17, 15) is 17.9 Å². The number of hydrogen-bond donors (Lipinski definition) is 1. The zero-order valence-electron chi connectivity index (χ0n) is 14.2. The zero-order chi connectivity index (χ0) is 19.2. The van der Waals surface area contributed by atoms with E-state index in [1.807, 2.05) is 0 Å².